The Balaban J connectivity index is 1.17. The number of hydrogen-bond donors (Lipinski definition) is 3. The maximum Gasteiger partial charge on any atom is 0.317 e. The number of nitrogens with zero attached hydrogens (tertiary/aromatic N) is 5. The largest absolute Gasteiger partial charge is 0.389 e. The molecular weight excluding hydrogens is 534 g/mol. The van der Waals surface area contributed by atoms with Gasteiger partial charge in [0.15, 0.2) is 0 Å². The number of rotatable bonds is 8. The smallest absolute Gasteiger partial charge is 0.317 e. The Bertz CT molecular complexity index is 1410. The summed E-state index contributed by atoms with van der Waals surface area (Å²) < 4.78 is 7.27. The van der Waals surface area contributed by atoms with Gasteiger partial charge in [-0.05, 0) is 56.2 Å². The second-order valence-corrected chi connectivity index (χ2v) is 11.3. The number of benzene rings is 2. The van der Waals surface area contributed by atoms with Crippen molar-refractivity contribution in [1.29, 1.82) is 0 Å². The molecule has 0 aliphatic carbocycles. The molecule has 0 spiro atoms. The van der Waals surface area contributed by atoms with E-state index in [0.717, 1.165) is 33.9 Å². The van der Waals surface area contributed by atoms with Gasteiger partial charge >= 0.3 is 6.03 Å². The van der Waals surface area contributed by atoms with Gasteiger partial charge in [-0.3, -0.25) is 14.4 Å². The fraction of sp³-hybridized carbons (Fsp3) is 0.452. The van der Waals surface area contributed by atoms with E-state index < -0.39 is 6.10 Å². The van der Waals surface area contributed by atoms with Gasteiger partial charge in [0.05, 0.1) is 42.9 Å². The van der Waals surface area contributed by atoms with Crippen molar-refractivity contribution in [2.75, 3.05) is 49.5 Å². The van der Waals surface area contributed by atoms with E-state index in [1.54, 1.807) is 20.7 Å². The van der Waals surface area contributed by atoms with E-state index in [9.17, 15) is 14.7 Å². The summed E-state index contributed by atoms with van der Waals surface area (Å²) in [6.07, 6.45) is 1.34. The standard InChI is InChI=1S/C31H41N7O4/c1-21(2)42-20-26(39)19-36-11-13-37(14-12-36)31(41)32-16-24-10-9-23(15-22(24)3)30(40)38-18-25-17-33-35(4)29(25)34-27-7-5-6-8-28(27)38/h5-10,15,17,21,26,34,39H,11-14,16,18-20H2,1-4H3,(H,32,41). The quantitative estimate of drug-likeness (QED) is 0.378. The minimum absolute atomic E-state index is 0.0887. The van der Waals surface area contributed by atoms with Crippen LogP contribution in [0, 0.1) is 6.92 Å². The molecule has 0 saturated carbocycles. The number of amides is 3. The van der Waals surface area contributed by atoms with E-state index in [4.69, 9.17) is 4.74 Å². The van der Waals surface area contributed by atoms with Crippen LogP contribution in [0.1, 0.15) is 40.9 Å². The topological polar surface area (TPSA) is 115 Å². The number of aromatic nitrogens is 2. The Morgan fingerprint density at radius 1 is 1.12 bits per heavy atom. The number of para-hydroxylation sites is 2. The normalized spacial score (nSPS) is 16.0. The van der Waals surface area contributed by atoms with Crippen LogP contribution in [-0.4, -0.2) is 88.2 Å². The zero-order valence-corrected chi connectivity index (χ0v) is 24.8. The van der Waals surface area contributed by atoms with Crippen LogP contribution in [0.2, 0.25) is 0 Å². The average molecular weight is 576 g/mol. The van der Waals surface area contributed by atoms with Crippen LogP contribution in [0.25, 0.3) is 0 Å². The van der Waals surface area contributed by atoms with Crippen LogP contribution < -0.4 is 15.5 Å². The van der Waals surface area contributed by atoms with Gasteiger partial charge in [-0.15, -0.1) is 0 Å². The number of carbonyl (C=O) groups excluding carboxylic acids is 2. The molecule has 1 unspecified atom stereocenters. The van der Waals surface area contributed by atoms with Crippen LogP contribution in [0.5, 0.6) is 0 Å². The summed E-state index contributed by atoms with van der Waals surface area (Å²) in [4.78, 5) is 32.4. The van der Waals surface area contributed by atoms with E-state index in [1.165, 1.54) is 0 Å². The van der Waals surface area contributed by atoms with E-state index in [0.29, 0.717) is 58.0 Å². The number of β-amino-alcohol motifs (C(OH)–C–C–N with tert-alkyl or cyclic N) is 1. The SMILES string of the molecule is Cc1cc(C(=O)N2Cc3cnn(C)c3Nc3ccccc32)ccc1CNC(=O)N1CCN(CC(O)COC(C)C)CC1. The first kappa shape index (κ1) is 29.6. The van der Waals surface area contributed by atoms with Crippen LogP contribution in [0.3, 0.4) is 0 Å². The summed E-state index contributed by atoms with van der Waals surface area (Å²) >= 11 is 0. The Labute approximate surface area is 247 Å². The van der Waals surface area contributed by atoms with Gasteiger partial charge in [0.1, 0.15) is 5.82 Å². The molecule has 3 N–H and O–H groups in total. The van der Waals surface area contributed by atoms with Gasteiger partial charge in [0.2, 0.25) is 0 Å². The first-order chi connectivity index (χ1) is 20.2. The molecule has 11 heteroatoms. The van der Waals surface area contributed by atoms with Crippen molar-refractivity contribution in [3.63, 3.8) is 0 Å². The maximum absolute atomic E-state index is 13.8. The predicted molar refractivity (Wildman–Crippen MR) is 162 cm³/mol. The first-order valence-corrected chi connectivity index (χ1v) is 14.5. The molecular formula is C31H41N7O4. The molecule has 2 aliphatic rings. The number of aryl methyl sites for hydroxylation is 2. The van der Waals surface area contributed by atoms with Crippen molar-refractivity contribution in [2.24, 2.45) is 7.05 Å². The molecule has 5 rings (SSSR count). The van der Waals surface area contributed by atoms with E-state index in [-0.39, 0.29) is 18.0 Å². The van der Waals surface area contributed by atoms with E-state index >= 15 is 0 Å². The molecule has 2 aliphatic heterocycles. The molecule has 0 radical (unpaired) electrons. The molecule has 3 aromatic rings. The molecule has 0 bridgehead atoms. The van der Waals surface area contributed by atoms with Crippen molar-refractivity contribution in [3.8, 4) is 0 Å². The lowest BCUT2D eigenvalue weighted by Crippen LogP contribution is -2.53. The highest BCUT2D eigenvalue weighted by molar-refractivity contribution is 6.08. The number of urea groups is 1. The number of anilines is 3. The second-order valence-electron chi connectivity index (χ2n) is 11.3. The fourth-order valence-corrected chi connectivity index (χ4v) is 5.39. The van der Waals surface area contributed by atoms with Crippen molar-refractivity contribution >= 4 is 29.1 Å². The third-order valence-corrected chi connectivity index (χ3v) is 7.81. The lowest BCUT2D eigenvalue weighted by molar-refractivity contribution is -0.0128. The van der Waals surface area contributed by atoms with Crippen molar-refractivity contribution < 1.29 is 19.4 Å². The third-order valence-electron chi connectivity index (χ3n) is 7.81. The molecule has 3 amide bonds. The number of carbonyl (C=O) groups is 2. The number of piperazine rings is 1. The molecule has 11 nitrogen and oxygen atoms in total. The zero-order valence-electron chi connectivity index (χ0n) is 24.8. The Morgan fingerprint density at radius 3 is 2.62 bits per heavy atom. The van der Waals surface area contributed by atoms with E-state index in [2.05, 4.69) is 20.6 Å². The lowest BCUT2D eigenvalue weighted by atomic mass is 10.0. The summed E-state index contributed by atoms with van der Waals surface area (Å²) in [5.74, 6) is 0.772. The van der Waals surface area contributed by atoms with Gasteiger partial charge in [-0.2, -0.15) is 5.10 Å². The van der Waals surface area contributed by atoms with Crippen molar-refractivity contribution in [1.82, 2.24) is 24.9 Å². The fourth-order valence-electron chi connectivity index (χ4n) is 5.39. The summed E-state index contributed by atoms with van der Waals surface area (Å²) in [6, 6.07) is 13.3. The van der Waals surface area contributed by atoms with Gasteiger partial charge < -0.3 is 30.3 Å². The van der Waals surface area contributed by atoms with E-state index in [1.807, 2.05) is 70.3 Å². The summed E-state index contributed by atoms with van der Waals surface area (Å²) in [5.41, 5.74) is 5.08. The highest BCUT2D eigenvalue weighted by Gasteiger charge is 2.27. The molecule has 1 atom stereocenters. The van der Waals surface area contributed by atoms with Crippen LogP contribution in [0.4, 0.5) is 22.0 Å². The Morgan fingerprint density at radius 2 is 1.88 bits per heavy atom. The summed E-state index contributed by atoms with van der Waals surface area (Å²) in [5, 5.41) is 21.0. The van der Waals surface area contributed by atoms with Crippen molar-refractivity contribution in [2.45, 2.75) is 46.1 Å². The second kappa shape index (κ2) is 12.9. The molecule has 3 heterocycles. The number of hydrogen-bond acceptors (Lipinski definition) is 7. The van der Waals surface area contributed by atoms with Crippen LogP contribution in [-0.2, 0) is 24.9 Å². The molecule has 2 aromatic carbocycles. The Kier molecular flexibility index (Phi) is 9.10. The molecule has 224 valence electrons. The Hall–Kier alpha value is -3.93. The molecule has 1 fully saturated rings. The monoisotopic (exact) mass is 575 g/mol. The summed E-state index contributed by atoms with van der Waals surface area (Å²) in [6.45, 7) is 10.1. The number of ether oxygens (including phenoxy) is 1. The number of aliphatic hydroxyl groups excluding tert-OH is 1. The lowest BCUT2D eigenvalue weighted by Gasteiger charge is -2.35. The van der Waals surface area contributed by atoms with Gasteiger partial charge in [0, 0.05) is 57.4 Å². The van der Waals surface area contributed by atoms with Crippen LogP contribution in [0.15, 0.2) is 48.7 Å². The molecule has 1 saturated heterocycles. The van der Waals surface area contributed by atoms with Gasteiger partial charge in [-0.1, -0.05) is 18.2 Å². The number of fused-ring (bicyclic) bond motifs is 2. The number of aliphatic hydroxyl groups is 1. The minimum Gasteiger partial charge on any atom is -0.389 e. The summed E-state index contributed by atoms with van der Waals surface area (Å²) in [7, 11) is 1.88. The molecule has 1 aromatic heterocycles. The average Bonchev–Trinajstić information content (AvgIpc) is 3.22. The molecule has 42 heavy (non-hydrogen) atoms. The third kappa shape index (κ3) is 6.75. The van der Waals surface area contributed by atoms with Gasteiger partial charge in [0.25, 0.3) is 5.91 Å². The first-order valence-electron chi connectivity index (χ1n) is 14.5. The highest BCUT2D eigenvalue weighted by Crippen LogP contribution is 2.36. The maximum atomic E-state index is 13.8. The highest BCUT2D eigenvalue weighted by atomic mass is 16.5. The minimum atomic E-state index is -0.538. The predicted octanol–water partition coefficient (Wildman–Crippen LogP) is 3.25. The number of nitrogens with one attached hydrogen (secondary N) is 2. The van der Waals surface area contributed by atoms with Gasteiger partial charge in [-0.25, -0.2) is 4.79 Å². The van der Waals surface area contributed by atoms with Crippen LogP contribution >= 0.6 is 0 Å². The zero-order chi connectivity index (χ0) is 29.8. The van der Waals surface area contributed by atoms with Crippen molar-refractivity contribution in [3.05, 3.63) is 70.9 Å².